The van der Waals surface area contributed by atoms with Crippen LogP contribution < -0.4 is 0 Å². The molecule has 2 fully saturated rings. The van der Waals surface area contributed by atoms with E-state index < -0.39 is 0 Å². The Morgan fingerprint density at radius 2 is 1.95 bits per heavy atom. The van der Waals surface area contributed by atoms with E-state index in [1.54, 1.807) is 0 Å². The van der Waals surface area contributed by atoms with Gasteiger partial charge in [0.1, 0.15) is 0 Å². The molecule has 108 valence electrons. The van der Waals surface area contributed by atoms with Crippen molar-refractivity contribution in [1.29, 1.82) is 0 Å². The normalized spacial score (nSPS) is 28.1. The molecule has 3 unspecified atom stereocenters. The Kier molecular flexibility index (Phi) is 3.82. The van der Waals surface area contributed by atoms with Crippen LogP contribution in [0.4, 0.5) is 0 Å². The van der Waals surface area contributed by atoms with E-state index in [2.05, 4.69) is 43.0 Å². The fourth-order valence-corrected chi connectivity index (χ4v) is 4.06. The number of hydrogen-bond acceptors (Lipinski definition) is 1. The fourth-order valence-electron chi connectivity index (χ4n) is 4.06. The molecular weight excluding hydrogens is 246 g/mol. The van der Waals surface area contributed by atoms with Crippen LogP contribution in [-0.2, 0) is 11.3 Å². The third kappa shape index (κ3) is 2.61. The first-order chi connectivity index (χ1) is 9.65. The van der Waals surface area contributed by atoms with Gasteiger partial charge in [0.2, 0.25) is 5.91 Å². The number of carbonyl (C=O) groups excluding carboxylic acids is 1. The van der Waals surface area contributed by atoms with Crippen molar-refractivity contribution < 1.29 is 4.79 Å². The highest BCUT2D eigenvalue weighted by atomic mass is 16.2. The first-order valence-electron chi connectivity index (χ1n) is 7.99. The lowest BCUT2D eigenvalue weighted by Gasteiger charge is -2.32. The smallest absolute Gasteiger partial charge is 0.226 e. The minimum Gasteiger partial charge on any atom is -0.336 e. The molecule has 0 aromatic heterocycles. The molecule has 2 nitrogen and oxygen atoms in total. The molecule has 0 heterocycles. The minimum atomic E-state index is 0.279. The summed E-state index contributed by atoms with van der Waals surface area (Å²) in [6, 6.07) is 10.6. The molecule has 0 spiro atoms. The van der Waals surface area contributed by atoms with Crippen LogP contribution in [0.2, 0.25) is 0 Å². The molecule has 1 aromatic carbocycles. The number of hydrogen-bond donors (Lipinski definition) is 0. The highest BCUT2D eigenvalue weighted by molar-refractivity contribution is 5.80. The Balaban J connectivity index is 1.72. The first kappa shape index (κ1) is 13.7. The molecule has 2 heteroatoms. The van der Waals surface area contributed by atoms with Gasteiger partial charge >= 0.3 is 0 Å². The maximum Gasteiger partial charge on any atom is 0.226 e. The summed E-state index contributed by atoms with van der Waals surface area (Å²) in [7, 11) is 0. The zero-order chi connectivity index (χ0) is 14.1. The van der Waals surface area contributed by atoms with Gasteiger partial charge in [0, 0.05) is 18.5 Å². The van der Waals surface area contributed by atoms with E-state index in [4.69, 9.17) is 0 Å². The standard InChI is InChI=1S/C18H25NO/c1-13(2)19(12-14-6-4-3-5-7-14)18(20)17-11-15-8-9-16(17)10-15/h3-7,13,15-17H,8-12H2,1-2H3. The summed E-state index contributed by atoms with van der Waals surface area (Å²) in [6.45, 7) is 5.02. The molecular formula is C18H25NO. The van der Waals surface area contributed by atoms with E-state index in [-0.39, 0.29) is 6.04 Å². The van der Waals surface area contributed by atoms with E-state index in [1.165, 1.54) is 24.8 Å². The maximum atomic E-state index is 12.9. The van der Waals surface area contributed by atoms with Gasteiger partial charge in [-0.1, -0.05) is 36.8 Å². The third-order valence-corrected chi connectivity index (χ3v) is 5.16. The highest BCUT2D eigenvalue weighted by Crippen LogP contribution is 2.49. The van der Waals surface area contributed by atoms with Crippen molar-refractivity contribution in [2.75, 3.05) is 0 Å². The van der Waals surface area contributed by atoms with E-state index in [0.717, 1.165) is 18.9 Å². The lowest BCUT2D eigenvalue weighted by atomic mass is 9.87. The monoisotopic (exact) mass is 271 g/mol. The second kappa shape index (κ2) is 5.59. The van der Waals surface area contributed by atoms with Crippen LogP contribution in [0, 0.1) is 17.8 Å². The number of benzene rings is 1. The Morgan fingerprint density at radius 1 is 1.20 bits per heavy atom. The van der Waals surface area contributed by atoms with Crippen molar-refractivity contribution in [3.63, 3.8) is 0 Å². The summed E-state index contributed by atoms with van der Waals surface area (Å²) in [5, 5.41) is 0. The van der Waals surface area contributed by atoms with Crippen LogP contribution in [-0.4, -0.2) is 16.8 Å². The number of amides is 1. The third-order valence-electron chi connectivity index (χ3n) is 5.16. The first-order valence-corrected chi connectivity index (χ1v) is 7.99. The second-order valence-electron chi connectivity index (χ2n) is 6.83. The molecule has 1 aromatic rings. The van der Waals surface area contributed by atoms with Crippen molar-refractivity contribution in [3.05, 3.63) is 35.9 Å². The van der Waals surface area contributed by atoms with Crippen molar-refractivity contribution in [2.45, 2.75) is 52.1 Å². The van der Waals surface area contributed by atoms with Crippen LogP contribution in [0.15, 0.2) is 30.3 Å². The van der Waals surface area contributed by atoms with Crippen molar-refractivity contribution >= 4 is 5.91 Å². The van der Waals surface area contributed by atoms with E-state index in [0.29, 0.717) is 17.7 Å². The van der Waals surface area contributed by atoms with Gasteiger partial charge in [0.25, 0.3) is 0 Å². The molecule has 2 bridgehead atoms. The number of carbonyl (C=O) groups is 1. The average molecular weight is 271 g/mol. The molecule has 0 saturated heterocycles. The van der Waals surface area contributed by atoms with E-state index in [9.17, 15) is 4.79 Å². The van der Waals surface area contributed by atoms with Gasteiger partial charge < -0.3 is 4.90 Å². The van der Waals surface area contributed by atoms with E-state index in [1.807, 2.05) is 6.07 Å². The topological polar surface area (TPSA) is 20.3 Å². The van der Waals surface area contributed by atoms with Crippen LogP contribution in [0.25, 0.3) is 0 Å². The molecule has 2 aliphatic carbocycles. The van der Waals surface area contributed by atoms with Gasteiger partial charge in [-0.25, -0.2) is 0 Å². The molecule has 3 rings (SSSR count). The Labute approximate surface area is 122 Å². The predicted molar refractivity (Wildman–Crippen MR) is 81.1 cm³/mol. The van der Waals surface area contributed by atoms with Gasteiger partial charge in [-0.3, -0.25) is 4.79 Å². The summed E-state index contributed by atoms with van der Waals surface area (Å²) in [4.78, 5) is 15.0. The minimum absolute atomic E-state index is 0.279. The lowest BCUT2D eigenvalue weighted by molar-refractivity contribution is -0.139. The summed E-state index contributed by atoms with van der Waals surface area (Å²) >= 11 is 0. The molecule has 0 aliphatic heterocycles. The molecule has 20 heavy (non-hydrogen) atoms. The highest BCUT2D eigenvalue weighted by Gasteiger charge is 2.44. The van der Waals surface area contributed by atoms with E-state index >= 15 is 0 Å². The summed E-state index contributed by atoms with van der Waals surface area (Å²) in [6.07, 6.45) is 5.07. The zero-order valence-electron chi connectivity index (χ0n) is 12.6. The predicted octanol–water partition coefficient (Wildman–Crippen LogP) is 3.86. The summed E-state index contributed by atoms with van der Waals surface area (Å²) in [5.41, 5.74) is 1.23. The van der Waals surface area contributed by atoms with Crippen molar-refractivity contribution in [2.24, 2.45) is 17.8 Å². The zero-order valence-corrected chi connectivity index (χ0v) is 12.6. The van der Waals surface area contributed by atoms with Crippen LogP contribution in [0.3, 0.4) is 0 Å². The molecule has 0 radical (unpaired) electrons. The SMILES string of the molecule is CC(C)N(Cc1ccccc1)C(=O)C1CC2CCC1C2. The molecule has 2 saturated carbocycles. The Hall–Kier alpha value is -1.31. The maximum absolute atomic E-state index is 12.9. The van der Waals surface area contributed by atoms with Crippen molar-refractivity contribution in [3.8, 4) is 0 Å². The van der Waals surface area contributed by atoms with Gasteiger partial charge in [0.15, 0.2) is 0 Å². The molecule has 0 N–H and O–H groups in total. The average Bonchev–Trinajstić information content (AvgIpc) is 3.07. The van der Waals surface area contributed by atoms with Gasteiger partial charge in [0.05, 0.1) is 0 Å². The Bertz CT molecular complexity index is 468. The van der Waals surface area contributed by atoms with Crippen LogP contribution in [0.5, 0.6) is 0 Å². The van der Waals surface area contributed by atoms with Crippen LogP contribution in [0.1, 0.15) is 45.1 Å². The second-order valence-corrected chi connectivity index (χ2v) is 6.83. The Morgan fingerprint density at radius 3 is 2.50 bits per heavy atom. The lowest BCUT2D eigenvalue weighted by Crippen LogP contribution is -2.41. The summed E-state index contributed by atoms with van der Waals surface area (Å²) < 4.78 is 0. The molecule has 3 atom stereocenters. The van der Waals surface area contributed by atoms with Gasteiger partial charge in [-0.15, -0.1) is 0 Å². The van der Waals surface area contributed by atoms with Crippen molar-refractivity contribution in [1.82, 2.24) is 4.90 Å². The molecule has 2 aliphatic rings. The van der Waals surface area contributed by atoms with Crippen LogP contribution >= 0.6 is 0 Å². The quantitative estimate of drug-likeness (QED) is 0.814. The number of nitrogens with zero attached hydrogens (tertiary/aromatic N) is 1. The number of fused-ring (bicyclic) bond motifs is 2. The molecule has 1 amide bonds. The van der Waals surface area contributed by atoms with Gasteiger partial charge in [-0.2, -0.15) is 0 Å². The summed E-state index contributed by atoms with van der Waals surface area (Å²) in [5.74, 6) is 2.21. The largest absolute Gasteiger partial charge is 0.336 e. The van der Waals surface area contributed by atoms with Gasteiger partial charge in [-0.05, 0) is 50.5 Å². The fraction of sp³-hybridized carbons (Fsp3) is 0.611. The number of rotatable bonds is 4.